The van der Waals surface area contributed by atoms with Gasteiger partial charge in [0.05, 0.1) is 0 Å². The van der Waals surface area contributed by atoms with Crippen LogP contribution in [-0.2, 0) is 0 Å². The fraction of sp³-hybridized carbons (Fsp3) is 0.846. The molecule has 1 atom stereocenters. The van der Waals surface area contributed by atoms with Crippen molar-refractivity contribution in [1.29, 1.82) is 0 Å². The predicted molar refractivity (Wildman–Crippen MR) is 64.2 cm³/mol. The first kappa shape index (κ1) is 11.2. The highest BCUT2D eigenvalue weighted by Crippen LogP contribution is 2.32. The van der Waals surface area contributed by atoms with E-state index in [-0.39, 0.29) is 0 Å². The number of allylic oxidation sites excluding steroid dienone is 1. The highest BCUT2D eigenvalue weighted by molar-refractivity contribution is 5.07. The number of hydrazine groups is 1. The van der Waals surface area contributed by atoms with Crippen molar-refractivity contribution in [2.24, 2.45) is 11.8 Å². The summed E-state index contributed by atoms with van der Waals surface area (Å²) < 4.78 is 0. The summed E-state index contributed by atoms with van der Waals surface area (Å²) in [6.45, 7) is 0. The van der Waals surface area contributed by atoms with E-state index < -0.39 is 0 Å². The van der Waals surface area contributed by atoms with Gasteiger partial charge in [0.25, 0.3) is 0 Å². The van der Waals surface area contributed by atoms with Gasteiger partial charge in [0, 0.05) is 6.04 Å². The summed E-state index contributed by atoms with van der Waals surface area (Å²) in [7, 11) is 0. The van der Waals surface area contributed by atoms with Gasteiger partial charge in [0.1, 0.15) is 0 Å². The quantitative estimate of drug-likeness (QED) is 0.414. The van der Waals surface area contributed by atoms with Crippen LogP contribution in [0.1, 0.15) is 57.8 Å². The average Bonchev–Trinajstić information content (AvgIpc) is 2.23. The third-order valence-corrected chi connectivity index (χ3v) is 3.97. The van der Waals surface area contributed by atoms with Gasteiger partial charge in [-0.25, -0.2) is 0 Å². The molecule has 2 nitrogen and oxygen atoms in total. The smallest absolute Gasteiger partial charge is 0.0250 e. The van der Waals surface area contributed by atoms with Crippen molar-refractivity contribution in [2.75, 3.05) is 0 Å². The fourth-order valence-electron chi connectivity index (χ4n) is 2.75. The van der Waals surface area contributed by atoms with Crippen molar-refractivity contribution >= 4 is 0 Å². The molecule has 86 valence electrons. The van der Waals surface area contributed by atoms with Gasteiger partial charge >= 0.3 is 0 Å². The Morgan fingerprint density at radius 2 is 2.20 bits per heavy atom. The first-order valence-corrected chi connectivity index (χ1v) is 6.52. The summed E-state index contributed by atoms with van der Waals surface area (Å²) in [6.07, 6.45) is 14.6. The minimum atomic E-state index is 0.527. The molecule has 3 N–H and O–H groups in total. The Balaban J connectivity index is 1.75. The molecule has 0 aromatic rings. The van der Waals surface area contributed by atoms with Gasteiger partial charge in [0.2, 0.25) is 0 Å². The third kappa shape index (κ3) is 3.32. The number of hydrogen-bond donors (Lipinski definition) is 2. The molecule has 2 rings (SSSR count). The number of nitrogens with one attached hydrogen (secondary N) is 1. The van der Waals surface area contributed by atoms with Crippen molar-refractivity contribution in [3.63, 3.8) is 0 Å². The van der Waals surface area contributed by atoms with E-state index in [0.717, 1.165) is 5.92 Å². The first-order valence-electron chi connectivity index (χ1n) is 6.52. The van der Waals surface area contributed by atoms with Crippen molar-refractivity contribution in [2.45, 2.75) is 63.8 Å². The van der Waals surface area contributed by atoms with Gasteiger partial charge < -0.3 is 0 Å². The molecule has 0 aromatic carbocycles. The minimum absolute atomic E-state index is 0.527. The maximum atomic E-state index is 5.64. The molecule has 0 aliphatic heterocycles. The lowest BCUT2D eigenvalue weighted by Crippen LogP contribution is -2.38. The maximum absolute atomic E-state index is 5.64. The van der Waals surface area contributed by atoms with E-state index in [1.807, 2.05) is 0 Å². The standard InChI is InChI=1S/C13H24N2/c14-15-13(10-12-7-4-8-12)9-11-5-2-1-3-6-11/h5,12-13,15H,1-4,6-10,14H2. The van der Waals surface area contributed by atoms with Crippen molar-refractivity contribution in [3.8, 4) is 0 Å². The van der Waals surface area contributed by atoms with Crippen LogP contribution in [0.5, 0.6) is 0 Å². The Morgan fingerprint density at radius 3 is 2.73 bits per heavy atom. The number of nitrogens with two attached hydrogens (primary N) is 1. The van der Waals surface area contributed by atoms with Crippen molar-refractivity contribution < 1.29 is 0 Å². The van der Waals surface area contributed by atoms with Crippen molar-refractivity contribution in [3.05, 3.63) is 11.6 Å². The summed E-state index contributed by atoms with van der Waals surface area (Å²) in [4.78, 5) is 0. The van der Waals surface area contributed by atoms with Crippen LogP contribution in [0.2, 0.25) is 0 Å². The summed E-state index contributed by atoms with van der Waals surface area (Å²) in [5.74, 6) is 6.59. The Bertz CT molecular complexity index is 219. The number of rotatable bonds is 5. The monoisotopic (exact) mass is 208 g/mol. The molecular formula is C13H24N2. The van der Waals surface area contributed by atoms with Gasteiger partial charge in [-0.3, -0.25) is 11.3 Å². The Morgan fingerprint density at radius 1 is 1.33 bits per heavy atom. The van der Waals surface area contributed by atoms with Crippen LogP contribution in [-0.4, -0.2) is 6.04 Å². The summed E-state index contributed by atoms with van der Waals surface area (Å²) in [6, 6.07) is 0.527. The second-order valence-corrected chi connectivity index (χ2v) is 5.21. The molecule has 0 radical (unpaired) electrons. The van der Waals surface area contributed by atoms with E-state index in [4.69, 9.17) is 5.84 Å². The van der Waals surface area contributed by atoms with Gasteiger partial charge in [-0.05, 0) is 44.4 Å². The van der Waals surface area contributed by atoms with Crippen LogP contribution >= 0.6 is 0 Å². The molecule has 0 saturated heterocycles. The molecule has 0 amide bonds. The lowest BCUT2D eigenvalue weighted by Gasteiger charge is -2.30. The van der Waals surface area contributed by atoms with E-state index in [9.17, 15) is 0 Å². The molecule has 1 fully saturated rings. The Hall–Kier alpha value is -0.340. The van der Waals surface area contributed by atoms with E-state index >= 15 is 0 Å². The second-order valence-electron chi connectivity index (χ2n) is 5.21. The zero-order valence-corrected chi connectivity index (χ0v) is 9.67. The van der Waals surface area contributed by atoms with E-state index in [1.165, 1.54) is 57.8 Å². The predicted octanol–water partition coefficient (Wildman–Crippen LogP) is 2.90. The molecule has 0 bridgehead atoms. The SMILES string of the molecule is NNC(CC1=CCCCC1)CC1CCC1. The fourth-order valence-corrected chi connectivity index (χ4v) is 2.75. The molecule has 0 spiro atoms. The topological polar surface area (TPSA) is 38.0 Å². The summed E-state index contributed by atoms with van der Waals surface area (Å²) in [5, 5.41) is 0. The molecule has 1 unspecified atom stereocenters. The van der Waals surface area contributed by atoms with E-state index in [2.05, 4.69) is 11.5 Å². The zero-order chi connectivity index (χ0) is 10.5. The largest absolute Gasteiger partial charge is 0.271 e. The summed E-state index contributed by atoms with van der Waals surface area (Å²) in [5.41, 5.74) is 4.65. The van der Waals surface area contributed by atoms with Crippen LogP contribution in [0.4, 0.5) is 0 Å². The Labute approximate surface area is 93.3 Å². The first-order chi connectivity index (χ1) is 7.38. The highest BCUT2D eigenvalue weighted by atomic mass is 15.2. The molecule has 0 aromatic heterocycles. The van der Waals surface area contributed by atoms with Crippen LogP contribution in [0.15, 0.2) is 11.6 Å². The third-order valence-electron chi connectivity index (χ3n) is 3.97. The van der Waals surface area contributed by atoms with E-state index in [1.54, 1.807) is 5.57 Å². The minimum Gasteiger partial charge on any atom is -0.271 e. The van der Waals surface area contributed by atoms with Crippen LogP contribution in [0, 0.1) is 5.92 Å². The molecular weight excluding hydrogens is 184 g/mol. The highest BCUT2D eigenvalue weighted by Gasteiger charge is 2.22. The molecule has 2 heteroatoms. The lowest BCUT2D eigenvalue weighted by atomic mass is 9.79. The van der Waals surface area contributed by atoms with E-state index in [0.29, 0.717) is 6.04 Å². The Kier molecular flexibility index (Phi) is 4.21. The summed E-state index contributed by atoms with van der Waals surface area (Å²) >= 11 is 0. The molecule has 1 saturated carbocycles. The zero-order valence-electron chi connectivity index (χ0n) is 9.67. The van der Waals surface area contributed by atoms with Crippen LogP contribution < -0.4 is 11.3 Å². The van der Waals surface area contributed by atoms with Gasteiger partial charge in [-0.15, -0.1) is 0 Å². The van der Waals surface area contributed by atoms with Crippen LogP contribution in [0.3, 0.4) is 0 Å². The van der Waals surface area contributed by atoms with Crippen molar-refractivity contribution in [1.82, 2.24) is 5.43 Å². The normalized spacial score (nSPS) is 24.5. The van der Waals surface area contributed by atoms with Gasteiger partial charge in [-0.2, -0.15) is 0 Å². The molecule has 0 heterocycles. The molecule has 2 aliphatic carbocycles. The maximum Gasteiger partial charge on any atom is 0.0250 e. The van der Waals surface area contributed by atoms with Crippen LogP contribution in [0.25, 0.3) is 0 Å². The lowest BCUT2D eigenvalue weighted by molar-refractivity contribution is 0.258. The number of hydrogen-bond acceptors (Lipinski definition) is 2. The molecule has 15 heavy (non-hydrogen) atoms. The van der Waals surface area contributed by atoms with Gasteiger partial charge in [0.15, 0.2) is 0 Å². The van der Waals surface area contributed by atoms with Gasteiger partial charge in [-0.1, -0.05) is 30.9 Å². The molecule has 2 aliphatic rings. The second kappa shape index (κ2) is 5.66. The average molecular weight is 208 g/mol.